The van der Waals surface area contributed by atoms with Crippen LogP contribution in [-0.2, 0) is 41.9 Å². The van der Waals surface area contributed by atoms with Gasteiger partial charge in [-0.1, -0.05) is 0 Å². The minimum absolute atomic E-state index is 0.0527. The molecule has 0 aromatic carbocycles. The van der Waals surface area contributed by atoms with E-state index in [1.165, 1.54) is 0 Å². The Balaban J connectivity index is -0.000000656. The molecule has 0 aliphatic rings. The van der Waals surface area contributed by atoms with Gasteiger partial charge >= 0.3 is 11.9 Å². The topological polar surface area (TPSA) is 274 Å². The average Bonchev–Trinajstić information content (AvgIpc) is 2.53. The van der Waals surface area contributed by atoms with Gasteiger partial charge in [0.2, 0.25) is 11.8 Å². The van der Waals surface area contributed by atoms with Gasteiger partial charge in [-0.25, -0.2) is 0 Å². The van der Waals surface area contributed by atoms with Gasteiger partial charge in [0.1, 0.15) is 12.6 Å². The Hall–Kier alpha value is -1.67. The second-order valence-electron chi connectivity index (χ2n) is 4.36. The van der Waals surface area contributed by atoms with Crippen molar-refractivity contribution in [1.29, 1.82) is 0 Å². The molecule has 0 spiro atoms. The minimum atomic E-state index is -2.61. The number of carbonyl (C=O) groups is 4. The van der Waals surface area contributed by atoms with E-state index in [0.717, 1.165) is 0 Å². The Bertz CT molecular complexity index is 541. The van der Waals surface area contributed by atoms with Crippen molar-refractivity contribution in [2.24, 2.45) is 5.73 Å². The first-order valence-electron chi connectivity index (χ1n) is 6.72. The van der Waals surface area contributed by atoms with Crippen LogP contribution in [0.2, 0.25) is 0 Å². The molecule has 28 heavy (non-hydrogen) atoms. The number of carbonyl (C=O) groups excluding carboxylic acids is 2. The zero-order valence-electron chi connectivity index (χ0n) is 14.0. The first kappa shape index (κ1) is 31.0. The molecule has 0 heterocycles. The number of aliphatic carboxylic acids is 2. The molecule has 0 aromatic heterocycles. The molecule has 18 heteroatoms. The molecule has 0 fully saturated rings. The molecule has 0 saturated heterocycles. The number of rotatable bonds is 9. The summed E-state index contributed by atoms with van der Waals surface area (Å²) in [6.45, 7) is -0.579. The fourth-order valence-corrected chi connectivity index (χ4v) is 1.43. The van der Waals surface area contributed by atoms with Crippen molar-refractivity contribution in [3.8, 4) is 0 Å². The third-order valence-corrected chi connectivity index (χ3v) is 2.60. The number of carboxylic acid groups (broad SMARTS) is 2. The highest BCUT2D eigenvalue weighted by Crippen LogP contribution is 1.97. The van der Waals surface area contributed by atoms with Gasteiger partial charge in [0.05, 0.1) is 6.04 Å². The Morgan fingerprint density at radius 2 is 1.36 bits per heavy atom. The van der Waals surface area contributed by atoms with Gasteiger partial charge in [0.25, 0.3) is 22.7 Å². The monoisotopic (exact) mass is 471 g/mol. The molecular weight excluding hydrogens is 450 g/mol. The fourth-order valence-electron chi connectivity index (χ4n) is 1.17. The quantitative estimate of drug-likeness (QED) is 0.120. The summed E-state index contributed by atoms with van der Waals surface area (Å²) in [5, 5.41) is 21.2. The van der Waals surface area contributed by atoms with Crippen molar-refractivity contribution in [1.82, 2.24) is 10.6 Å². The van der Waals surface area contributed by atoms with E-state index in [2.05, 4.69) is 23.3 Å². The predicted octanol–water partition coefficient (Wildman–Crippen LogP) is -2.84. The zero-order valence-corrected chi connectivity index (χ0v) is 16.5. The Morgan fingerprint density at radius 1 is 0.929 bits per heavy atom. The Morgan fingerprint density at radius 3 is 1.68 bits per heavy atom. The molecule has 0 saturated carbocycles. The van der Waals surface area contributed by atoms with Crippen LogP contribution in [0.1, 0.15) is 12.8 Å². The molecule has 0 radical (unpaired) electrons. The van der Waals surface area contributed by atoms with Crippen molar-refractivity contribution in [2.45, 2.75) is 24.9 Å². The second-order valence-corrected chi connectivity index (χ2v) is 5.64. The molecule has 15 nitrogen and oxygen atoms in total. The van der Waals surface area contributed by atoms with Crippen molar-refractivity contribution < 1.29 is 56.0 Å². The number of nitrogens with one attached hydrogen (secondary N) is 2. The number of nitrogens with two attached hydrogens (primary N) is 1. The van der Waals surface area contributed by atoms with Crippen molar-refractivity contribution in [3.63, 3.8) is 0 Å². The van der Waals surface area contributed by atoms with E-state index in [0.29, 0.717) is 0 Å². The molecular formula is C10H21N3O12S3. The molecule has 0 rings (SSSR count). The molecule has 0 unspecified atom stereocenters. The Kier molecular flexibility index (Phi) is 20.7. The van der Waals surface area contributed by atoms with Crippen LogP contribution >= 0.6 is 12.6 Å². The lowest BCUT2D eigenvalue weighted by Gasteiger charge is -2.18. The van der Waals surface area contributed by atoms with Gasteiger partial charge < -0.3 is 26.6 Å². The van der Waals surface area contributed by atoms with Crippen LogP contribution in [0.4, 0.5) is 0 Å². The van der Waals surface area contributed by atoms with Crippen LogP contribution in [0.25, 0.3) is 0 Å². The fraction of sp³-hybridized carbons (Fsp3) is 0.600. The van der Waals surface area contributed by atoms with Crippen LogP contribution in [0.5, 0.6) is 0 Å². The highest BCUT2D eigenvalue weighted by atomic mass is 32.2. The smallest absolute Gasteiger partial charge is 0.322 e. The molecule has 0 aromatic rings. The molecule has 2 amide bonds. The van der Waals surface area contributed by atoms with E-state index < -0.39 is 65.1 Å². The van der Waals surface area contributed by atoms with Gasteiger partial charge in [-0.05, 0) is 6.42 Å². The first-order chi connectivity index (χ1) is 12.7. The summed E-state index contributed by atoms with van der Waals surface area (Å²) in [5.41, 5.74) is 5.46. The van der Waals surface area contributed by atoms with E-state index in [-0.39, 0.29) is 18.6 Å². The highest BCUT2D eigenvalue weighted by Gasteiger charge is 2.23. The van der Waals surface area contributed by atoms with Crippen molar-refractivity contribution in [2.75, 3.05) is 12.3 Å². The Labute approximate surface area is 169 Å². The van der Waals surface area contributed by atoms with Crippen LogP contribution < -0.4 is 16.4 Å². The maximum Gasteiger partial charge on any atom is 0.322 e. The summed E-state index contributed by atoms with van der Waals surface area (Å²) in [5.74, 6) is -3.76. The van der Waals surface area contributed by atoms with Crippen LogP contribution in [-0.4, -0.2) is 85.0 Å². The summed E-state index contributed by atoms with van der Waals surface area (Å²) in [4.78, 5) is 43.8. The first-order valence-corrected chi connectivity index (χ1v) is 9.48. The standard InChI is InChI=1S/C10H17N3O6S.2H2O3S/c11-5(1-2-7(14)15)9(18)13-6(4-20)10(19)12-3-8(16)17;2*1-4(2)3/h5-6,20H,1-4,11H2,(H,12,19)(H,13,18)(H,14,15)(H,16,17);2*(H2,1,2,3)/t5-,6-;;/m0../s1. The molecule has 0 bridgehead atoms. The van der Waals surface area contributed by atoms with Crippen molar-refractivity contribution >= 4 is 59.1 Å². The maximum absolute atomic E-state index is 11.6. The van der Waals surface area contributed by atoms with E-state index in [1.54, 1.807) is 0 Å². The van der Waals surface area contributed by atoms with Gasteiger partial charge in [0.15, 0.2) is 0 Å². The number of hydrogen-bond donors (Lipinski definition) is 10. The van der Waals surface area contributed by atoms with E-state index in [1.807, 2.05) is 0 Å². The van der Waals surface area contributed by atoms with Gasteiger partial charge in [-0.3, -0.25) is 37.4 Å². The lowest BCUT2D eigenvalue weighted by Crippen LogP contribution is -2.53. The SMILES string of the molecule is N[C@@H](CCC(=O)O)C(=O)N[C@@H](CS)C(=O)NCC(=O)O.O=S(O)O.O=S(O)O. The number of carboxylic acids is 2. The maximum atomic E-state index is 11.6. The molecule has 2 atom stereocenters. The third-order valence-electron chi connectivity index (χ3n) is 2.24. The molecule has 0 aliphatic carbocycles. The number of amides is 2. The zero-order chi connectivity index (χ0) is 22.9. The van der Waals surface area contributed by atoms with Crippen LogP contribution in [0, 0.1) is 0 Å². The predicted molar refractivity (Wildman–Crippen MR) is 98.1 cm³/mol. The molecule has 0 aliphatic heterocycles. The van der Waals surface area contributed by atoms with Gasteiger partial charge in [-0.15, -0.1) is 0 Å². The summed E-state index contributed by atoms with van der Waals surface area (Å²) in [7, 11) is 0. The normalized spacial score (nSPS) is 11.9. The van der Waals surface area contributed by atoms with Crippen molar-refractivity contribution in [3.05, 3.63) is 0 Å². The lowest BCUT2D eigenvalue weighted by molar-refractivity contribution is -0.138. The summed E-state index contributed by atoms with van der Waals surface area (Å²) in [6.07, 6.45) is -0.345. The average molecular weight is 471 g/mol. The summed E-state index contributed by atoms with van der Waals surface area (Å²) < 4.78 is 45.7. The van der Waals surface area contributed by atoms with Crippen LogP contribution in [0.15, 0.2) is 0 Å². The number of thiol groups is 1. The third kappa shape index (κ3) is 26.6. The lowest BCUT2D eigenvalue weighted by atomic mass is 10.1. The largest absolute Gasteiger partial charge is 0.481 e. The highest BCUT2D eigenvalue weighted by molar-refractivity contribution is 7.80. The van der Waals surface area contributed by atoms with E-state index in [4.69, 9.17) is 42.6 Å². The molecule has 166 valence electrons. The van der Waals surface area contributed by atoms with E-state index >= 15 is 0 Å². The van der Waals surface area contributed by atoms with E-state index in [9.17, 15) is 19.2 Å². The summed E-state index contributed by atoms with van der Waals surface area (Å²) in [6, 6.07) is -2.11. The minimum Gasteiger partial charge on any atom is -0.481 e. The number of hydrogen-bond acceptors (Lipinski definition) is 8. The molecule has 10 N–H and O–H groups in total. The van der Waals surface area contributed by atoms with Gasteiger partial charge in [-0.2, -0.15) is 21.0 Å². The second kappa shape index (κ2) is 18.7. The van der Waals surface area contributed by atoms with Crippen LogP contribution in [0.3, 0.4) is 0 Å². The summed E-state index contributed by atoms with van der Waals surface area (Å²) >= 11 is -1.35. The van der Waals surface area contributed by atoms with Gasteiger partial charge in [0, 0.05) is 12.2 Å².